The van der Waals surface area contributed by atoms with E-state index in [1.165, 1.54) is 0 Å². The Morgan fingerprint density at radius 3 is 2.67 bits per heavy atom. The molecule has 0 unspecified atom stereocenters. The number of nitroso groups, excluding NO2 is 1. The van der Waals surface area contributed by atoms with Gasteiger partial charge in [-0.3, -0.25) is 5.10 Å². The van der Waals surface area contributed by atoms with Gasteiger partial charge in [0.15, 0.2) is 11.5 Å². The van der Waals surface area contributed by atoms with Crippen molar-refractivity contribution in [3.05, 3.63) is 35.2 Å². The van der Waals surface area contributed by atoms with Crippen molar-refractivity contribution in [2.24, 2.45) is 5.18 Å². The second-order valence-electron chi connectivity index (χ2n) is 3.00. The summed E-state index contributed by atoms with van der Waals surface area (Å²) in [4.78, 5) is 10.7. The Balaban J connectivity index is 2.54. The Morgan fingerprint density at radius 2 is 2.07 bits per heavy atom. The molecule has 0 amide bonds. The van der Waals surface area contributed by atoms with Crippen LogP contribution in [0, 0.1) is 4.91 Å². The van der Waals surface area contributed by atoms with Crippen LogP contribution in [-0.4, -0.2) is 17.2 Å². The van der Waals surface area contributed by atoms with Gasteiger partial charge in [-0.1, -0.05) is 30.3 Å². The van der Waals surface area contributed by atoms with Gasteiger partial charge in [-0.05, 0) is 5.18 Å². The number of rotatable bonds is 3. The van der Waals surface area contributed by atoms with Crippen molar-refractivity contribution in [1.82, 2.24) is 10.2 Å². The van der Waals surface area contributed by atoms with Crippen LogP contribution in [-0.2, 0) is 0 Å². The number of aromatic amines is 1. The van der Waals surface area contributed by atoms with Gasteiger partial charge in [0, 0.05) is 12.6 Å². The fourth-order valence-corrected chi connectivity index (χ4v) is 1.41. The number of hydrogen-bond acceptors (Lipinski definition) is 4. The largest absolute Gasteiger partial charge is 0.370 e. The lowest BCUT2D eigenvalue weighted by Gasteiger charge is -1.97. The van der Waals surface area contributed by atoms with Crippen molar-refractivity contribution in [2.75, 3.05) is 12.4 Å². The Hall–Kier alpha value is -2.17. The van der Waals surface area contributed by atoms with Crippen LogP contribution in [0.15, 0.2) is 35.5 Å². The van der Waals surface area contributed by atoms with Crippen LogP contribution in [0.5, 0.6) is 0 Å². The van der Waals surface area contributed by atoms with E-state index in [4.69, 9.17) is 0 Å². The summed E-state index contributed by atoms with van der Waals surface area (Å²) in [5, 5.41) is 12.5. The molecule has 0 radical (unpaired) electrons. The minimum Gasteiger partial charge on any atom is -0.370 e. The predicted octanol–water partition coefficient (Wildman–Crippen LogP) is 2.52. The summed E-state index contributed by atoms with van der Waals surface area (Å²) in [6, 6.07) is 9.48. The van der Waals surface area contributed by atoms with Crippen LogP contribution in [0.1, 0.15) is 0 Å². The number of hydrogen-bond donors (Lipinski definition) is 2. The molecule has 76 valence electrons. The highest BCUT2D eigenvalue weighted by Crippen LogP contribution is 2.33. The molecule has 0 bridgehead atoms. The molecule has 0 atom stereocenters. The number of aromatic nitrogens is 2. The molecular formula is C10H10N4O. The first-order valence-electron chi connectivity index (χ1n) is 4.51. The zero-order chi connectivity index (χ0) is 10.7. The van der Waals surface area contributed by atoms with Crippen LogP contribution in [0.2, 0.25) is 0 Å². The van der Waals surface area contributed by atoms with Crippen molar-refractivity contribution in [3.63, 3.8) is 0 Å². The van der Waals surface area contributed by atoms with Crippen molar-refractivity contribution in [2.45, 2.75) is 0 Å². The van der Waals surface area contributed by atoms with Gasteiger partial charge in [0.2, 0.25) is 0 Å². The molecule has 2 aromatic rings. The molecule has 0 aliphatic heterocycles. The second kappa shape index (κ2) is 3.91. The van der Waals surface area contributed by atoms with Crippen molar-refractivity contribution in [3.8, 4) is 11.3 Å². The zero-order valence-electron chi connectivity index (χ0n) is 8.19. The normalized spacial score (nSPS) is 9.93. The molecular weight excluding hydrogens is 192 g/mol. The molecule has 0 spiro atoms. The molecule has 1 heterocycles. The topological polar surface area (TPSA) is 70.1 Å². The van der Waals surface area contributed by atoms with Crippen LogP contribution < -0.4 is 5.32 Å². The third kappa shape index (κ3) is 1.59. The third-order valence-corrected chi connectivity index (χ3v) is 2.13. The fourth-order valence-electron chi connectivity index (χ4n) is 1.41. The lowest BCUT2D eigenvalue weighted by atomic mass is 10.1. The quantitative estimate of drug-likeness (QED) is 0.751. The second-order valence-corrected chi connectivity index (χ2v) is 3.00. The summed E-state index contributed by atoms with van der Waals surface area (Å²) in [6.45, 7) is 0. The molecule has 0 saturated carbocycles. The molecule has 0 aliphatic rings. The Labute approximate surface area is 86.5 Å². The molecule has 2 N–H and O–H groups in total. The van der Waals surface area contributed by atoms with E-state index in [9.17, 15) is 4.91 Å². The van der Waals surface area contributed by atoms with Crippen LogP contribution in [0.4, 0.5) is 11.5 Å². The molecule has 5 heteroatoms. The minimum absolute atomic E-state index is 0.309. The third-order valence-electron chi connectivity index (χ3n) is 2.13. The van der Waals surface area contributed by atoms with E-state index < -0.39 is 0 Å². The summed E-state index contributed by atoms with van der Waals surface area (Å²) in [7, 11) is 1.69. The maximum atomic E-state index is 10.7. The van der Waals surface area contributed by atoms with E-state index in [1.54, 1.807) is 7.05 Å². The van der Waals surface area contributed by atoms with E-state index in [2.05, 4.69) is 20.7 Å². The van der Waals surface area contributed by atoms with Gasteiger partial charge >= 0.3 is 0 Å². The summed E-state index contributed by atoms with van der Waals surface area (Å²) in [5.74, 6) is 0.462. The molecule has 1 aromatic heterocycles. The smallest absolute Gasteiger partial charge is 0.177 e. The van der Waals surface area contributed by atoms with Gasteiger partial charge in [0.05, 0.1) is 5.69 Å². The van der Waals surface area contributed by atoms with Gasteiger partial charge in [-0.15, -0.1) is 4.91 Å². The van der Waals surface area contributed by atoms with Crippen molar-refractivity contribution >= 4 is 11.5 Å². The SMILES string of the molecule is CNc1n[nH]c(-c2ccccc2)c1N=O. The molecule has 0 fully saturated rings. The average molecular weight is 202 g/mol. The standard InChI is InChI=1S/C10H10N4O/c1-11-10-9(14-15)8(12-13-10)7-5-3-2-4-6-7/h2-6H,1H3,(H2,11,12,13). The van der Waals surface area contributed by atoms with E-state index in [1.807, 2.05) is 30.3 Å². The van der Waals surface area contributed by atoms with Gasteiger partial charge in [0.25, 0.3) is 0 Å². The maximum absolute atomic E-state index is 10.7. The number of benzene rings is 1. The monoisotopic (exact) mass is 202 g/mol. The first kappa shape index (κ1) is 9.39. The van der Waals surface area contributed by atoms with Gasteiger partial charge < -0.3 is 5.32 Å². The van der Waals surface area contributed by atoms with Gasteiger partial charge in [-0.2, -0.15) is 5.10 Å². The molecule has 15 heavy (non-hydrogen) atoms. The Bertz CT molecular complexity index is 464. The average Bonchev–Trinajstić information content (AvgIpc) is 2.72. The fraction of sp³-hybridized carbons (Fsp3) is 0.100. The van der Waals surface area contributed by atoms with E-state index in [-0.39, 0.29) is 0 Å². The van der Waals surface area contributed by atoms with Gasteiger partial charge in [-0.25, -0.2) is 0 Å². The highest BCUT2D eigenvalue weighted by Gasteiger charge is 2.13. The predicted molar refractivity (Wildman–Crippen MR) is 59.0 cm³/mol. The zero-order valence-corrected chi connectivity index (χ0v) is 8.19. The lowest BCUT2D eigenvalue weighted by Crippen LogP contribution is -1.87. The minimum atomic E-state index is 0.309. The number of nitrogens with one attached hydrogen (secondary N) is 2. The van der Waals surface area contributed by atoms with Crippen LogP contribution in [0.3, 0.4) is 0 Å². The molecule has 0 aliphatic carbocycles. The van der Waals surface area contributed by atoms with E-state index >= 15 is 0 Å². The number of anilines is 1. The first-order chi connectivity index (χ1) is 7.36. The molecule has 2 rings (SSSR count). The van der Waals surface area contributed by atoms with Crippen molar-refractivity contribution in [1.29, 1.82) is 0 Å². The summed E-state index contributed by atoms with van der Waals surface area (Å²) in [5.41, 5.74) is 1.83. The highest BCUT2D eigenvalue weighted by atomic mass is 16.3. The van der Waals surface area contributed by atoms with E-state index in [0.717, 1.165) is 5.56 Å². The number of nitrogens with zero attached hydrogens (tertiary/aromatic N) is 2. The summed E-state index contributed by atoms with van der Waals surface area (Å²) in [6.07, 6.45) is 0. The van der Waals surface area contributed by atoms with E-state index in [0.29, 0.717) is 17.2 Å². The molecule has 0 saturated heterocycles. The Morgan fingerprint density at radius 1 is 1.33 bits per heavy atom. The highest BCUT2D eigenvalue weighted by molar-refractivity contribution is 5.80. The molecule has 5 nitrogen and oxygen atoms in total. The van der Waals surface area contributed by atoms with Crippen molar-refractivity contribution < 1.29 is 0 Å². The van der Waals surface area contributed by atoms with Crippen LogP contribution >= 0.6 is 0 Å². The maximum Gasteiger partial charge on any atom is 0.177 e. The first-order valence-corrected chi connectivity index (χ1v) is 4.51. The van der Waals surface area contributed by atoms with Crippen LogP contribution in [0.25, 0.3) is 11.3 Å². The Kier molecular flexibility index (Phi) is 2.45. The summed E-state index contributed by atoms with van der Waals surface area (Å²) < 4.78 is 0. The number of H-pyrrole nitrogens is 1. The lowest BCUT2D eigenvalue weighted by molar-refractivity contribution is 1.09. The van der Waals surface area contributed by atoms with Gasteiger partial charge in [0.1, 0.15) is 0 Å². The molecule has 1 aromatic carbocycles. The summed E-state index contributed by atoms with van der Waals surface area (Å²) >= 11 is 0.